The lowest BCUT2D eigenvalue weighted by molar-refractivity contribution is -0.123. The highest BCUT2D eigenvalue weighted by molar-refractivity contribution is 5.82. The molecule has 1 aliphatic rings. The summed E-state index contributed by atoms with van der Waals surface area (Å²) in [6.45, 7) is 4.35. The molecular formula is C15H21N3O2. The topological polar surface area (TPSA) is 71.1 Å². The Morgan fingerprint density at radius 3 is 2.80 bits per heavy atom. The molecule has 1 aromatic heterocycles. The standard InChI is InChI=1S/C15H21N3O2/c1-10-9-12(10)15(20)17-8-6-14(19)18-11(2)13-5-3-4-7-16-13/h3-5,7,10-12H,6,8-9H2,1-2H3,(H,17,20)(H,18,19)/t10-,11+,12+/m1/s1. The van der Waals surface area contributed by atoms with E-state index in [1.807, 2.05) is 25.1 Å². The van der Waals surface area contributed by atoms with E-state index in [2.05, 4.69) is 22.5 Å². The third kappa shape index (κ3) is 4.05. The van der Waals surface area contributed by atoms with Gasteiger partial charge in [-0.15, -0.1) is 0 Å². The molecule has 20 heavy (non-hydrogen) atoms. The van der Waals surface area contributed by atoms with Crippen LogP contribution in [-0.2, 0) is 9.59 Å². The minimum Gasteiger partial charge on any atom is -0.355 e. The van der Waals surface area contributed by atoms with Crippen LogP contribution in [-0.4, -0.2) is 23.3 Å². The van der Waals surface area contributed by atoms with Gasteiger partial charge < -0.3 is 10.6 Å². The summed E-state index contributed by atoms with van der Waals surface area (Å²) in [6.07, 6.45) is 2.97. The molecule has 1 saturated carbocycles. The van der Waals surface area contributed by atoms with Crippen molar-refractivity contribution >= 4 is 11.8 Å². The van der Waals surface area contributed by atoms with E-state index in [9.17, 15) is 9.59 Å². The second kappa shape index (κ2) is 6.50. The Labute approximate surface area is 119 Å². The minimum atomic E-state index is -0.122. The van der Waals surface area contributed by atoms with E-state index in [1.54, 1.807) is 6.20 Å². The molecule has 0 saturated heterocycles. The van der Waals surface area contributed by atoms with Crippen LogP contribution in [0.2, 0.25) is 0 Å². The smallest absolute Gasteiger partial charge is 0.223 e. The zero-order valence-corrected chi connectivity index (χ0v) is 11.9. The third-order valence-corrected chi connectivity index (χ3v) is 3.61. The van der Waals surface area contributed by atoms with Gasteiger partial charge in [0.15, 0.2) is 0 Å². The monoisotopic (exact) mass is 275 g/mol. The van der Waals surface area contributed by atoms with Crippen molar-refractivity contribution in [1.82, 2.24) is 15.6 Å². The Balaban J connectivity index is 1.66. The Morgan fingerprint density at radius 2 is 2.20 bits per heavy atom. The highest BCUT2D eigenvalue weighted by Crippen LogP contribution is 2.37. The summed E-state index contributed by atoms with van der Waals surface area (Å²) in [5.74, 6) is 0.647. The van der Waals surface area contributed by atoms with E-state index >= 15 is 0 Å². The quantitative estimate of drug-likeness (QED) is 0.825. The predicted octanol–water partition coefficient (Wildman–Crippen LogP) is 1.42. The van der Waals surface area contributed by atoms with Crippen LogP contribution in [0.5, 0.6) is 0 Å². The maximum absolute atomic E-state index is 11.8. The second-order valence-corrected chi connectivity index (χ2v) is 5.40. The predicted molar refractivity (Wildman–Crippen MR) is 75.7 cm³/mol. The molecule has 5 nitrogen and oxygen atoms in total. The molecule has 3 atom stereocenters. The Hall–Kier alpha value is -1.91. The van der Waals surface area contributed by atoms with E-state index < -0.39 is 0 Å². The number of rotatable bonds is 6. The van der Waals surface area contributed by atoms with Crippen LogP contribution >= 0.6 is 0 Å². The van der Waals surface area contributed by atoms with Crippen molar-refractivity contribution in [3.05, 3.63) is 30.1 Å². The molecule has 0 radical (unpaired) electrons. The first-order chi connectivity index (χ1) is 9.58. The number of hydrogen-bond acceptors (Lipinski definition) is 3. The summed E-state index contributed by atoms with van der Waals surface area (Å²) in [4.78, 5) is 27.6. The van der Waals surface area contributed by atoms with Gasteiger partial charge in [0.2, 0.25) is 11.8 Å². The van der Waals surface area contributed by atoms with Gasteiger partial charge in [0.25, 0.3) is 0 Å². The van der Waals surface area contributed by atoms with Crippen molar-refractivity contribution in [1.29, 1.82) is 0 Å². The van der Waals surface area contributed by atoms with Gasteiger partial charge in [-0.2, -0.15) is 0 Å². The normalized spacial score (nSPS) is 21.9. The molecule has 2 rings (SSSR count). The van der Waals surface area contributed by atoms with Crippen LogP contribution in [0.3, 0.4) is 0 Å². The molecular weight excluding hydrogens is 254 g/mol. The zero-order valence-electron chi connectivity index (χ0n) is 11.9. The highest BCUT2D eigenvalue weighted by atomic mass is 16.2. The summed E-state index contributed by atoms with van der Waals surface area (Å²) in [7, 11) is 0. The van der Waals surface area contributed by atoms with Crippen LogP contribution in [0.4, 0.5) is 0 Å². The summed E-state index contributed by atoms with van der Waals surface area (Å²) in [5.41, 5.74) is 0.830. The number of carbonyl (C=O) groups excluding carboxylic acids is 2. The van der Waals surface area contributed by atoms with Gasteiger partial charge in [-0.25, -0.2) is 0 Å². The van der Waals surface area contributed by atoms with Gasteiger partial charge in [-0.05, 0) is 31.4 Å². The number of nitrogens with zero attached hydrogens (tertiary/aromatic N) is 1. The lowest BCUT2D eigenvalue weighted by atomic mass is 10.2. The number of carbonyl (C=O) groups is 2. The second-order valence-electron chi connectivity index (χ2n) is 5.40. The molecule has 1 aliphatic carbocycles. The molecule has 5 heteroatoms. The maximum Gasteiger partial charge on any atom is 0.223 e. The molecule has 0 spiro atoms. The van der Waals surface area contributed by atoms with Crippen molar-refractivity contribution in [2.24, 2.45) is 11.8 Å². The highest BCUT2D eigenvalue weighted by Gasteiger charge is 2.38. The molecule has 2 amide bonds. The molecule has 0 unspecified atom stereocenters. The molecule has 0 bridgehead atoms. The van der Waals surface area contributed by atoms with Crippen LogP contribution in [0.1, 0.15) is 38.4 Å². The molecule has 0 aromatic carbocycles. The fraction of sp³-hybridized carbons (Fsp3) is 0.533. The molecule has 0 aliphatic heterocycles. The summed E-state index contributed by atoms with van der Waals surface area (Å²) >= 11 is 0. The lowest BCUT2D eigenvalue weighted by Gasteiger charge is -2.13. The first-order valence-corrected chi connectivity index (χ1v) is 7.06. The minimum absolute atomic E-state index is 0.0723. The van der Waals surface area contributed by atoms with Gasteiger partial charge in [0, 0.05) is 25.1 Å². The first kappa shape index (κ1) is 14.5. The van der Waals surface area contributed by atoms with Crippen molar-refractivity contribution in [2.75, 3.05) is 6.54 Å². The first-order valence-electron chi connectivity index (χ1n) is 7.06. The maximum atomic E-state index is 11.8. The van der Waals surface area contributed by atoms with Gasteiger partial charge in [0.05, 0.1) is 11.7 Å². The Bertz CT molecular complexity index is 475. The summed E-state index contributed by atoms with van der Waals surface area (Å²) < 4.78 is 0. The third-order valence-electron chi connectivity index (χ3n) is 3.61. The van der Waals surface area contributed by atoms with Gasteiger partial charge in [-0.3, -0.25) is 14.6 Å². The molecule has 1 aromatic rings. The van der Waals surface area contributed by atoms with Crippen LogP contribution in [0, 0.1) is 11.8 Å². The van der Waals surface area contributed by atoms with Gasteiger partial charge >= 0.3 is 0 Å². The van der Waals surface area contributed by atoms with Crippen LogP contribution < -0.4 is 10.6 Å². The van der Waals surface area contributed by atoms with Crippen molar-refractivity contribution in [3.8, 4) is 0 Å². The molecule has 1 heterocycles. The largest absolute Gasteiger partial charge is 0.355 e. The number of aromatic nitrogens is 1. The van der Waals surface area contributed by atoms with Crippen molar-refractivity contribution in [2.45, 2.75) is 32.7 Å². The van der Waals surface area contributed by atoms with E-state index in [4.69, 9.17) is 0 Å². The number of nitrogens with one attached hydrogen (secondary N) is 2. The van der Waals surface area contributed by atoms with E-state index in [-0.39, 0.29) is 23.8 Å². The van der Waals surface area contributed by atoms with E-state index in [0.29, 0.717) is 18.9 Å². The fourth-order valence-corrected chi connectivity index (χ4v) is 2.14. The molecule has 108 valence electrons. The average molecular weight is 275 g/mol. The van der Waals surface area contributed by atoms with E-state index in [0.717, 1.165) is 12.1 Å². The van der Waals surface area contributed by atoms with Crippen molar-refractivity contribution < 1.29 is 9.59 Å². The van der Waals surface area contributed by atoms with Crippen molar-refractivity contribution in [3.63, 3.8) is 0 Å². The van der Waals surface area contributed by atoms with Gasteiger partial charge in [-0.1, -0.05) is 13.0 Å². The number of amides is 2. The fourth-order valence-electron chi connectivity index (χ4n) is 2.14. The van der Waals surface area contributed by atoms with E-state index in [1.165, 1.54) is 0 Å². The van der Waals surface area contributed by atoms with Gasteiger partial charge in [0.1, 0.15) is 0 Å². The molecule has 2 N–H and O–H groups in total. The summed E-state index contributed by atoms with van der Waals surface area (Å²) in [5, 5.41) is 5.67. The zero-order chi connectivity index (χ0) is 14.5. The lowest BCUT2D eigenvalue weighted by Crippen LogP contribution is -2.33. The van der Waals surface area contributed by atoms with Crippen LogP contribution in [0.15, 0.2) is 24.4 Å². The molecule has 1 fully saturated rings. The number of pyridine rings is 1. The number of hydrogen-bond donors (Lipinski definition) is 2. The summed E-state index contributed by atoms with van der Waals surface area (Å²) in [6, 6.07) is 5.48. The SMILES string of the molecule is C[C@H](NC(=O)CCNC(=O)[C@H]1C[C@H]1C)c1ccccn1. The van der Waals surface area contributed by atoms with Crippen LogP contribution in [0.25, 0.3) is 0 Å². The Kier molecular flexibility index (Phi) is 4.71. The average Bonchev–Trinajstić information content (AvgIpc) is 3.17. The Morgan fingerprint density at radius 1 is 1.45 bits per heavy atom.